The number of nitrogens with one attached hydrogen (secondary N) is 1. The number of aryl methyl sites for hydroxylation is 1. The van der Waals surface area contributed by atoms with E-state index in [4.69, 9.17) is 4.42 Å². The third kappa shape index (κ3) is 3.22. The summed E-state index contributed by atoms with van der Waals surface area (Å²) in [6, 6.07) is 11.9. The Balaban J connectivity index is 1.75. The number of nitrogens with zero attached hydrogens (tertiary/aromatic N) is 1. The van der Waals surface area contributed by atoms with Crippen LogP contribution < -0.4 is 5.32 Å². The van der Waals surface area contributed by atoms with Gasteiger partial charge in [-0.3, -0.25) is 4.79 Å². The summed E-state index contributed by atoms with van der Waals surface area (Å²) in [5, 5.41) is 3.30. The number of hydrogen-bond donors (Lipinski definition) is 1. The third-order valence-electron chi connectivity index (χ3n) is 4.09. The Bertz CT molecular complexity index is 623. The van der Waals surface area contributed by atoms with Gasteiger partial charge in [0.25, 0.3) is 5.91 Å². The molecule has 116 valence electrons. The first-order valence-corrected chi connectivity index (χ1v) is 7.97. The average molecular weight is 298 g/mol. The molecular weight excluding hydrogens is 276 g/mol. The van der Waals surface area contributed by atoms with Gasteiger partial charge in [-0.15, -0.1) is 0 Å². The summed E-state index contributed by atoms with van der Waals surface area (Å²) < 4.78 is 5.79. The first-order chi connectivity index (χ1) is 10.8. The molecule has 1 aliphatic rings. The van der Waals surface area contributed by atoms with E-state index in [1.165, 1.54) is 5.56 Å². The van der Waals surface area contributed by atoms with E-state index < -0.39 is 0 Å². The van der Waals surface area contributed by atoms with Crippen molar-refractivity contribution in [2.45, 2.75) is 19.8 Å². The van der Waals surface area contributed by atoms with Gasteiger partial charge in [-0.05, 0) is 37.1 Å². The summed E-state index contributed by atoms with van der Waals surface area (Å²) in [6.45, 7) is 5.47. The van der Waals surface area contributed by atoms with Crippen LogP contribution >= 0.6 is 0 Å². The van der Waals surface area contributed by atoms with Crippen LogP contribution in [0.5, 0.6) is 0 Å². The summed E-state index contributed by atoms with van der Waals surface area (Å²) in [6.07, 6.45) is 2.00. The Labute approximate surface area is 131 Å². The molecule has 4 heteroatoms. The number of rotatable bonds is 3. The second-order valence-corrected chi connectivity index (χ2v) is 5.61. The van der Waals surface area contributed by atoms with Crippen LogP contribution in [0.2, 0.25) is 0 Å². The molecule has 1 N–H and O–H groups in total. The van der Waals surface area contributed by atoms with Gasteiger partial charge < -0.3 is 14.6 Å². The maximum atomic E-state index is 12.5. The summed E-state index contributed by atoms with van der Waals surface area (Å²) in [4.78, 5) is 14.4. The number of furan rings is 1. The van der Waals surface area contributed by atoms with Gasteiger partial charge in [0.2, 0.25) is 0 Å². The molecule has 4 nitrogen and oxygen atoms in total. The molecule has 1 aromatic heterocycles. The van der Waals surface area contributed by atoms with Crippen LogP contribution in [0.4, 0.5) is 0 Å². The van der Waals surface area contributed by atoms with E-state index in [0.717, 1.165) is 50.3 Å². The molecule has 22 heavy (non-hydrogen) atoms. The van der Waals surface area contributed by atoms with Crippen LogP contribution in [-0.4, -0.2) is 37.0 Å². The lowest BCUT2D eigenvalue weighted by Crippen LogP contribution is -2.33. The van der Waals surface area contributed by atoms with E-state index in [9.17, 15) is 4.79 Å². The molecule has 1 fully saturated rings. The van der Waals surface area contributed by atoms with Crippen LogP contribution in [0.25, 0.3) is 11.3 Å². The lowest BCUT2D eigenvalue weighted by atomic mass is 10.1. The summed E-state index contributed by atoms with van der Waals surface area (Å²) >= 11 is 0. The molecule has 0 atom stereocenters. The average Bonchev–Trinajstić information content (AvgIpc) is 2.90. The Morgan fingerprint density at radius 1 is 1.14 bits per heavy atom. The van der Waals surface area contributed by atoms with Crippen LogP contribution in [0.1, 0.15) is 29.5 Å². The van der Waals surface area contributed by atoms with Crippen molar-refractivity contribution in [2.75, 3.05) is 26.2 Å². The standard InChI is InChI=1S/C18H22N2O2/c1-2-14-4-6-15(7-5-14)16-8-9-17(22-16)18(21)20-12-3-10-19-11-13-20/h4-9,19H,2-3,10-13H2,1H3. The molecule has 3 rings (SSSR count). The summed E-state index contributed by atoms with van der Waals surface area (Å²) in [5.41, 5.74) is 2.30. The first-order valence-electron chi connectivity index (χ1n) is 7.97. The van der Waals surface area contributed by atoms with Crippen molar-refractivity contribution in [2.24, 2.45) is 0 Å². The van der Waals surface area contributed by atoms with Crippen molar-refractivity contribution in [3.8, 4) is 11.3 Å². The topological polar surface area (TPSA) is 45.5 Å². The fraction of sp³-hybridized carbons (Fsp3) is 0.389. The normalized spacial score (nSPS) is 15.6. The Hall–Kier alpha value is -2.07. The van der Waals surface area contributed by atoms with Gasteiger partial charge in [0.15, 0.2) is 5.76 Å². The highest BCUT2D eigenvalue weighted by Crippen LogP contribution is 2.23. The van der Waals surface area contributed by atoms with Crippen molar-refractivity contribution in [3.63, 3.8) is 0 Å². The maximum Gasteiger partial charge on any atom is 0.289 e. The molecule has 1 aliphatic heterocycles. The van der Waals surface area contributed by atoms with Gasteiger partial charge in [0.1, 0.15) is 5.76 Å². The monoisotopic (exact) mass is 298 g/mol. The zero-order valence-corrected chi connectivity index (χ0v) is 13.0. The zero-order chi connectivity index (χ0) is 15.4. The van der Waals surface area contributed by atoms with Crippen molar-refractivity contribution in [1.82, 2.24) is 10.2 Å². The lowest BCUT2D eigenvalue weighted by molar-refractivity contribution is 0.0735. The summed E-state index contributed by atoms with van der Waals surface area (Å²) in [7, 11) is 0. The molecule has 2 aromatic rings. The van der Waals surface area contributed by atoms with E-state index >= 15 is 0 Å². The minimum Gasteiger partial charge on any atom is -0.451 e. The minimum atomic E-state index is -0.0138. The molecule has 0 aliphatic carbocycles. The van der Waals surface area contributed by atoms with E-state index in [0.29, 0.717) is 5.76 Å². The van der Waals surface area contributed by atoms with Crippen molar-refractivity contribution in [3.05, 3.63) is 47.7 Å². The quantitative estimate of drug-likeness (QED) is 0.947. The molecule has 1 amide bonds. The molecule has 1 aromatic carbocycles. The van der Waals surface area contributed by atoms with Gasteiger partial charge in [0.05, 0.1) is 0 Å². The van der Waals surface area contributed by atoms with E-state index in [2.05, 4.69) is 24.4 Å². The summed E-state index contributed by atoms with van der Waals surface area (Å²) in [5.74, 6) is 1.16. The Kier molecular flexibility index (Phi) is 4.59. The van der Waals surface area contributed by atoms with Gasteiger partial charge in [-0.2, -0.15) is 0 Å². The molecule has 1 saturated heterocycles. The number of hydrogen-bond acceptors (Lipinski definition) is 3. The van der Waals surface area contributed by atoms with Crippen LogP contribution in [0.15, 0.2) is 40.8 Å². The first kappa shape index (κ1) is 14.9. The fourth-order valence-corrected chi connectivity index (χ4v) is 2.72. The van der Waals surface area contributed by atoms with Gasteiger partial charge in [-0.1, -0.05) is 31.2 Å². The van der Waals surface area contributed by atoms with E-state index in [1.54, 1.807) is 6.07 Å². The Morgan fingerprint density at radius 3 is 2.73 bits per heavy atom. The number of benzene rings is 1. The predicted octanol–water partition coefficient (Wildman–Crippen LogP) is 2.94. The highest BCUT2D eigenvalue weighted by molar-refractivity contribution is 5.92. The lowest BCUT2D eigenvalue weighted by Gasteiger charge is -2.18. The highest BCUT2D eigenvalue weighted by atomic mass is 16.4. The van der Waals surface area contributed by atoms with E-state index in [-0.39, 0.29) is 5.91 Å². The van der Waals surface area contributed by atoms with Gasteiger partial charge in [0, 0.05) is 25.2 Å². The molecule has 0 unspecified atom stereocenters. The van der Waals surface area contributed by atoms with Gasteiger partial charge >= 0.3 is 0 Å². The molecule has 0 bridgehead atoms. The van der Waals surface area contributed by atoms with Crippen molar-refractivity contribution < 1.29 is 9.21 Å². The second-order valence-electron chi connectivity index (χ2n) is 5.61. The smallest absolute Gasteiger partial charge is 0.289 e. The molecule has 2 heterocycles. The molecular formula is C18H22N2O2. The largest absolute Gasteiger partial charge is 0.451 e. The third-order valence-corrected chi connectivity index (χ3v) is 4.09. The molecule has 0 saturated carbocycles. The number of carbonyl (C=O) groups excluding carboxylic acids is 1. The van der Waals surface area contributed by atoms with Crippen molar-refractivity contribution in [1.29, 1.82) is 0 Å². The molecule has 0 radical (unpaired) electrons. The van der Waals surface area contributed by atoms with Crippen LogP contribution in [0.3, 0.4) is 0 Å². The second kappa shape index (κ2) is 6.79. The molecule has 0 spiro atoms. The highest BCUT2D eigenvalue weighted by Gasteiger charge is 2.20. The predicted molar refractivity (Wildman–Crippen MR) is 86.9 cm³/mol. The minimum absolute atomic E-state index is 0.0138. The fourth-order valence-electron chi connectivity index (χ4n) is 2.72. The van der Waals surface area contributed by atoms with Gasteiger partial charge in [-0.25, -0.2) is 0 Å². The maximum absolute atomic E-state index is 12.5. The van der Waals surface area contributed by atoms with E-state index in [1.807, 2.05) is 23.1 Å². The van der Waals surface area contributed by atoms with Crippen LogP contribution in [-0.2, 0) is 6.42 Å². The number of carbonyl (C=O) groups is 1. The zero-order valence-electron chi connectivity index (χ0n) is 13.0. The van der Waals surface area contributed by atoms with Crippen LogP contribution in [0, 0.1) is 0 Å². The number of amides is 1. The SMILES string of the molecule is CCc1ccc(-c2ccc(C(=O)N3CCCNCC3)o2)cc1. The van der Waals surface area contributed by atoms with Crippen molar-refractivity contribution >= 4 is 5.91 Å². The Morgan fingerprint density at radius 2 is 1.95 bits per heavy atom.